The second kappa shape index (κ2) is 5.76. The Hall–Kier alpha value is -2.11. The summed E-state index contributed by atoms with van der Waals surface area (Å²) < 4.78 is 7.72. The Balaban J connectivity index is 1.56. The number of aromatic nitrogens is 3. The molecule has 0 amide bonds. The maximum absolute atomic E-state index is 6.42. The van der Waals surface area contributed by atoms with Gasteiger partial charge in [-0.05, 0) is 50.6 Å². The van der Waals surface area contributed by atoms with Gasteiger partial charge in [-0.1, -0.05) is 11.6 Å². The Bertz CT molecular complexity index is 886. The summed E-state index contributed by atoms with van der Waals surface area (Å²) in [4.78, 5) is 4.36. The van der Waals surface area contributed by atoms with Crippen molar-refractivity contribution in [2.24, 2.45) is 0 Å². The average molecular weight is 343 g/mol. The van der Waals surface area contributed by atoms with E-state index in [-0.39, 0.29) is 5.54 Å². The molecule has 0 saturated carbocycles. The fourth-order valence-corrected chi connectivity index (χ4v) is 3.63. The maximum atomic E-state index is 6.42. The van der Waals surface area contributed by atoms with Crippen LogP contribution < -0.4 is 10.1 Å². The van der Waals surface area contributed by atoms with Crippen molar-refractivity contribution in [1.82, 2.24) is 19.9 Å². The number of halogens is 1. The van der Waals surface area contributed by atoms with Crippen LogP contribution in [0.2, 0.25) is 5.02 Å². The molecule has 1 N–H and O–H groups in total. The summed E-state index contributed by atoms with van der Waals surface area (Å²) in [7, 11) is 0. The molecule has 1 aliphatic rings. The molecule has 2 atom stereocenters. The molecular weight excluding hydrogens is 324 g/mol. The van der Waals surface area contributed by atoms with Gasteiger partial charge in [0.2, 0.25) is 0 Å². The lowest BCUT2D eigenvalue weighted by atomic mass is 9.85. The standard InChI is InChI=1S/C18H19ClN4O/c1-12-9-18(2,22-12)11-24-16-6-5-13(8-14(16)19)15-10-20-17-4-3-7-21-23(15)17/h3-8,10,12,22H,9,11H2,1-2H3/t12?,18-/m0/s1. The summed E-state index contributed by atoms with van der Waals surface area (Å²) in [5.41, 5.74) is 2.70. The molecule has 1 unspecified atom stereocenters. The van der Waals surface area contributed by atoms with Crippen molar-refractivity contribution in [2.75, 3.05) is 6.61 Å². The van der Waals surface area contributed by atoms with Crippen LogP contribution in [0.1, 0.15) is 20.3 Å². The van der Waals surface area contributed by atoms with E-state index in [1.54, 1.807) is 16.9 Å². The minimum absolute atomic E-state index is 0.0347. The molecule has 1 saturated heterocycles. The van der Waals surface area contributed by atoms with E-state index >= 15 is 0 Å². The Kier molecular flexibility index (Phi) is 3.70. The fraction of sp³-hybridized carbons (Fsp3) is 0.333. The average Bonchev–Trinajstić information content (AvgIpc) is 2.96. The van der Waals surface area contributed by atoms with Crippen LogP contribution in [0.15, 0.2) is 42.7 Å². The zero-order valence-corrected chi connectivity index (χ0v) is 14.4. The van der Waals surface area contributed by atoms with Crippen LogP contribution in [0.5, 0.6) is 5.75 Å². The molecule has 1 aliphatic heterocycles. The van der Waals surface area contributed by atoms with Gasteiger partial charge in [0.25, 0.3) is 0 Å². The van der Waals surface area contributed by atoms with Gasteiger partial charge in [0.05, 0.1) is 22.5 Å². The van der Waals surface area contributed by atoms with Crippen molar-refractivity contribution < 1.29 is 4.74 Å². The molecule has 6 heteroatoms. The SMILES string of the molecule is CC1C[C@@](C)(COc2ccc(-c3cnc4cccnn34)cc2Cl)N1. The van der Waals surface area contributed by atoms with Gasteiger partial charge in [-0.3, -0.25) is 0 Å². The number of rotatable bonds is 4. The van der Waals surface area contributed by atoms with Gasteiger partial charge >= 0.3 is 0 Å². The number of nitrogens with zero attached hydrogens (tertiary/aromatic N) is 3. The summed E-state index contributed by atoms with van der Waals surface area (Å²) in [6.45, 7) is 4.94. The van der Waals surface area contributed by atoms with Crippen molar-refractivity contribution >= 4 is 17.2 Å². The lowest BCUT2D eigenvalue weighted by Gasteiger charge is -2.45. The van der Waals surface area contributed by atoms with Gasteiger partial charge in [-0.15, -0.1) is 0 Å². The van der Waals surface area contributed by atoms with Crippen molar-refractivity contribution in [3.63, 3.8) is 0 Å². The van der Waals surface area contributed by atoms with Crippen molar-refractivity contribution in [1.29, 1.82) is 0 Å². The Morgan fingerprint density at radius 3 is 3.00 bits per heavy atom. The van der Waals surface area contributed by atoms with Gasteiger partial charge in [0.1, 0.15) is 12.4 Å². The molecule has 0 radical (unpaired) electrons. The largest absolute Gasteiger partial charge is 0.490 e. The van der Waals surface area contributed by atoms with E-state index in [0.717, 1.165) is 23.3 Å². The molecule has 3 heterocycles. The number of fused-ring (bicyclic) bond motifs is 1. The molecule has 2 aromatic heterocycles. The number of benzene rings is 1. The summed E-state index contributed by atoms with van der Waals surface area (Å²) in [6, 6.07) is 10.1. The van der Waals surface area contributed by atoms with Crippen LogP contribution in [-0.2, 0) is 0 Å². The Morgan fingerprint density at radius 2 is 2.25 bits per heavy atom. The summed E-state index contributed by atoms with van der Waals surface area (Å²) in [6.07, 6.45) is 4.65. The number of ether oxygens (including phenoxy) is 1. The Morgan fingerprint density at radius 1 is 1.42 bits per heavy atom. The highest BCUT2D eigenvalue weighted by Gasteiger charge is 2.37. The van der Waals surface area contributed by atoms with Gasteiger partial charge in [-0.2, -0.15) is 5.10 Å². The first-order valence-corrected chi connectivity index (χ1v) is 8.41. The highest BCUT2D eigenvalue weighted by Crippen LogP contribution is 2.32. The van der Waals surface area contributed by atoms with E-state index in [1.165, 1.54) is 0 Å². The first kappa shape index (κ1) is 15.4. The van der Waals surface area contributed by atoms with E-state index in [2.05, 4.69) is 29.2 Å². The van der Waals surface area contributed by atoms with Crippen molar-refractivity contribution in [3.05, 3.63) is 47.7 Å². The van der Waals surface area contributed by atoms with E-state index in [0.29, 0.717) is 23.4 Å². The highest BCUT2D eigenvalue weighted by atomic mass is 35.5. The second-order valence-corrected chi connectivity index (χ2v) is 7.09. The van der Waals surface area contributed by atoms with Crippen molar-refractivity contribution in [2.45, 2.75) is 31.8 Å². The quantitative estimate of drug-likeness (QED) is 0.787. The minimum atomic E-state index is 0.0347. The highest BCUT2D eigenvalue weighted by molar-refractivity contribution is 6.32. The molecule has 124 valence electrons. The molecule has 1 aromatic carbocycles. The summed E-state index contributed by atoms with van der Waals surface area (Å²) in [5.74, 6) is 0.699. The monoisotopic (exact) mass is 342 g/mol. The number of hydrogen-bond donors (Lipinski definition) is 1. The third kappa shape index (κ3) is 2.74. The molecule has 0 bridgehead atoms. The predicted octanol–water partition coefficient (Wildman–Crippen LogP) is 3.57. The lowest BCUT2D eigenvalue weighted by molar-refractivity contribution is 0.0952. The first-order chi connectivity index (χ1) is 11.5. The second-order valence-electron chi connectivity index (χ2n) is 6.68. The summed E-state index contributed by atoms with van der Waals surface area (Å²) in [5, 5.41) is 8.40. The van der Waals surface area contributed by atoms with Gasteiger partial charge < -0.3 is 10.1 Å². The van der Waals surface area contributed by atoms with E-state index in [4.69, 9.17) is 16.3 Å². The molecule has 24 heavy (non-hydrogen) atoms. The third-order valence-electron chi connectivity index (χ3n) is 4.40. The number of imidazole rings is 1. The smallest absolute Gasteiger partial charge is 0.154 e. The zero-order chi connectivity index (χ0) is 16.7. The van der Waals surface area contributed by atoms with Crippen molar-refractivity contribution in [3.8, 4) is 17.0 Å². The molecule has 0 spiro atoms. The molecule has 5 nitrogen and oxygen atoms in total. The molecular formula is C18H19ClN4O. The lowest BCUT2D eigenvalue weighted by Crippen LogP contribution is -2.63. The predicted molar refractivity (Wildman–Crippen MR) is 94.5 cm³/mol. The first-order valence-electron chi connectivity index (χ1n) is 8.03. The molecule has 3 aromatic rings. The van der Waals surface area contributed by atoms with Crippen LogP contribution in [-0.4, -0.2) is 32.8 Å². The van der Waals surface area contributed by atoms with Crippen LogP contribution in [0.25, 0.3) is 16.9 Å². The van der Waals surface area contributed by atoms with E-state index in [1.807, 2.05) is 30.3 Å². The minimum Gasteiger partial charge on any atom is -0.490 e. The Labute approximate surface area is 145 Å². The normalized spacial score (nSPS) is 23.2. The number of hydrogen-bond acceptors (Lipinski definition) is 4. The molecule has 4 rings (SSSR count). The summed E-state index contributed by atoms with van der Waals surface area (Å²) >= 11 is 6.42. The van der Waals surface area contributed by atoms with Gasteiger partial charge in [0, 0.05) is 17.8 Å². The van der Waals surface area contributed by atoms with Gasteiger partial charge in [-0.25, -0.2) is 9.50 Å². The molecule has 0 aliphatic carbocycles. The fourth-order valence-electron chi connectivity index (χ4n) is 3.39. The van der Waals surface area contributed by atoms with E-state index in [9.17, 15) is 0 Å². The van der Waals surface area contributed by atoms with Crippen LogP contribution in [0.4, 0.5) is 0 Å². The zero-order valence-electron chi connectivity index (χ0n) is 13.7. The van der Waals surface area contributed by atoms with Crippen LogP contribution in [0, 0.1) is 0 Å². The third-order valence-corrected chi connectivity index (χ3v) is 4.70. The molecule has 1 fully saturated rings. The van der Waals surface area contributed by atoms with Crippen LogP contribution >= 0.6 is 11.6 Å². The topological polar surface area (TPSA) is 51.5 Å². The number of nitrogens with one attached hydrogen (secondary N) is 1. The van der Waals surface area contributed by atoms with Gasteiger partial charge in [0.15, 0.2) is 5.65 Å². The van der Waals surface area contributed by atoms with Crippen LogP contribution in [0.3, 0.4) is 0 Å². The van der Waals surface area contributed by atoms with E-state index < -0.39 is 0 Å². The maximum Gasteiger partial charge on any atom is 0.154 e.